The summed E-state index contributed by atoms with van der Waals surface area (Å²) in [4.78, 5) is 6.97. The Morgan fingerprint density at radius 1 is 0.969 bits per heavy atom. The molecule has 1 aromatic carbocycles. The van der Waals surface area contributed by atoms with E-state index in [1.165, 1.54) is 30.6 Å². The number of aliphatic imine (C=N–C) groups is 1. The van der Waals surface area contributed by atoms with Crippen molar-refractivity contribution >= 4 is 35.6 Å². The lowest BCUT2D eigenvalue weighted by Gasteiger charge is -2.35. The number of rotatable bonds is 6. The molecule has 3 aromatic rings. The summed E-state index contributed by atoms with van der Waals surface area (Å²) in [5.74, 6) is 3.14. The van der Waals surface area contributed by atoms with E-state index in [0.717, 1.165) is 42.4 Å². The van der Waals surface area contributed by atoms with Gasteiger partial charge in [0.05, 0.1) is 6.54 Å². The van der Waals surface area contributed by atoms with Crippen molar-refractivity contribution in [3.63, 3.8) is 0 Å². The molecule has 3 heterocycles. The second-order valence-electron chi connectivity index (χ2n) is 8.73. The molecule has 0 bridgehead atoms. The number of fused-ring (bicyclic) bond motifs is 1. The molecule has 0 aliphatic carbocycles. The minimum absolute atomic E-state index is 0. The van der Waals surface area contributed by atoms with Crippen LogP contribution in [0.5, 0.6) is 0 Å². The third-order valence-electron chi connectivity index (χ3n) is 5.92. The molecule has 32 heavy (non-hydrogen) atoms. The molecular weight excluding hydrogens is 513 g/mol. The van der Waals surface area contributed by atoms with Crippen molar-refractivity contribution in [3.05, 3.63) is 65.6 Å². The molecule has 1 aliphatic heterocycles. The van der Waals surface area contributed by atoms with Gasteiger partial charge in [0.1, 0.15) is 0 Å². The lowest BCUT2D eigenvalue weighted by Crippen LogP contribution is -2.39. The van der Waals surface area contributed by atoms with Gasteiger partial charge in [0.25, 0.3) is 0 Å². The molecule has 1 saturated heterocycles. The van der Waals surface area contributed by atoms with E-state index < -0.39 is 0 Å². The summed E-state index contributed by atoms with van der Waals surface area (Å²) in [6, 6.07) is 14.6. The van der Waals surface area contributed by atoms with E-state index in [9.17, 15) is 0 Å². The molecule has 8 heteroatoms. The predicted molar refractivity (Wildman–Crippen MR) is 140 cm³/mol. The fourth-order valence-corrected chi connectivity index (χ4v) is 4.62. The van der Waals surface area contributed by atoms with Crippen LogP contribution in [0.4, 0.5) is 0 Å². The zero-order chi connectivity index (χ0) is 21.6. The average molecular weight is 547 g/mol. The van der Waals surface area contributed by atoms with Gasteiger partial charge in [-0.05, 0) is 41.5 Å². The van der Waals surface area contributed by atoms with E-state index in [0.29, 0.717) is 6.54 Å². The highest BCUT2D eigenvalue weighted by molar-refractivity contribution is 14.0. The summed E-state index contributed by atoms with van der Waals surface area (Å²) in [5.41, 5.74) is 3.54. The lowest BCUT2D eigenvalue weighted by molar-refractivity contribution is 0.134. The molecule has 2 aromatic heterocycles. The Kier molecular flexibility index (Phi) is 8.86. The summed E-state index contributed by atoms with van der Waals surface area (Å²) in [6.45, 7) is 9.38. The standard InChI is InChI=1S/C24H33N7.HI/c1-18-12-19(2)16-30(15-18)17-21-9-5-4-8-20(21)13-26-24(25-3)27-14-23-29-28-22-10-6-7-11-31(22)23;/h4-11,18-19H,12-17H2,1-3H3,(H2,25,26,27);1H. The molecule has 2 unspecified atom stereocenters. The molecule has 2 N–H and O–H groups in total. The summed E-state index contributed by atoms with van der Waals surface area (Å²) in [5, 5.41) is 15.3. The number of likely N-dealkylation sites (tertiary alicyclic amines) is 1. The van der Waals surface area contributed by atoms with Crippen molar-refractivity contribution < 1.29 is 0 Å². The number of benzene rings is 1. The van der Waals surface area contributed by atoms with Crippen LogP contribution in [0.15, 0.2) is 53.7 Å². The Hall–Kier alpha value is -2.20. The Bertz CT molecular complexity index is 1020. The summed E-state index contributed by atoms with van der Waals surface area (Å²) in [6.07, 6.45) is 3.31. The quantitative estimate of drug-likeness (QED) is 0.280. The topological polar surface area (TPSA) is 69.8 Å². The first-order chi connectivity index (χ1) is 15.1. The zero-order valence-electron chi connectivity index (χ0n) is 19.2. The van der Waals surface area contributed by atoms with E-state index in [4.69, 9.17) is 0 Å². The number of pyridine rings is 1. The summed E-state index contributed by atoms with van der Waals surface area (Å²) in [7, 11) is 1.79. The molecular formula is C24H34IN7. The first-order valence-electron chi connectivity index (χ1n) is 11.1. The average Bonchev–Trinajstić information content (AvgIpc) is 3.17. The van der Waals surface area contributed by atoms with Crippen LogP contribution >= 0.6 is 24.0 Å². The van der Waals surface area contributed by atoms with Gasteiger partial charge in [0.2, 0.25) is 0 Å². The second kappa shape index (κ2) is 11.6. The number of hydrogen-bond acceptors (Lipinski definition) is 4. The number of aromatic nitrogens is 3. The van der Waals surface area contributed by atoms with E-state index in [-0.39, 0.29) is 24.0 Å². The van der Waals surface area contributed by atoms with E-state index in [2.05, 4.69) is 68.8 Å². The molecule has 1 fully saturated rings. The van der Waals surface area contributed by atoms with Gasteiger partial charge in [-0.25, -0.2) is 0 Å². The fraction of sp³-hybridized carbons (Fsp3) is 0.458. The third kappa shape index (κ3) is 6.19. The number of nitrogens with one attached hydrogen (secondary N) is 2. The van der Waals surface area contributed by atoms with Crippen LogP contribution in [-0.2, 0) is 19.6 Å². The van der Waals surface area contributed by atoms with E-state index >= 15 is 0 Å². The molecule has 7 nitrogen and oxygen atoms in total. The summed E-state index contributed by atoms with van der Waals surface area (Å²) >= 11 is 0. The molecule has 0 amide bonds. The maximum absolute atomic E-state index is 4.37. The Morgan fingerprint density at radius 3 is 2.41 bits per heavy atom. The van der Waals surface area contributed by atoms with Crippen LogP contribution in [0.1, 0.15) is 37.2 Å². The minimum atomic E-state index is 0. The SMILES string of the molecule is CN=C(NCc1ccccc1CN1CC(C)CC(C)C1)NCc1nnc2ccccn12.I. The largest absolute Gasteiger partial charge is 0.352 e. The zero-order valence-corrected chi connectivity index (χ0v) is 21.5. The highest BCUT2D eigenvalue weighted by Crippen LogP contribution is 2.23. The van der Waals surface area contributed by atoms with Gasteiger partial charge in [-0.2, -0.15) is 0 Å². The molecule has 172 valence electrons. The Labute approximate surface area is 207 Å². The second-order valence-corrected chi connectivity index (χ2v) is 8.73. The van der Waals surface area contributed by atoms with Crippen molar-refractivity contribution in [1.82, 2.24) is 30.1 Å². The number of hydrogen-bond donors (Lipinski definition) is 2. The van der Waals surface area contributed by atoms with Crippen molar-refractivity contribution in [3.8, 4) is 0 Å². The van der Waals surface area contributed by atoms with Gasteiger partial charge in [-0.15, -0.1) is 34.2 Å². The van der Waals surface area contributed by atoms with Gasteiger partial charge in [0, 0.05) is 39.4 Å². The number of piperidine rings is 1. The van der Waals surface area contributed by atoms with Gasteiger partial charge in [-0.1, -0.05) is 44.2 Å². The highest BCUT2D eigenvalue weighted by Gasteiger charge is 2.22. The van der Waals surface area contributed by atoms with Crippen LogP contribution in [-0.4, -0.2) is 45.6 Å². The van der Waals surface area contributed by atoms with Crippen LogP contribution < -0.4 is 10.6 Å². The predicted octanol–water partition coefficient (Wildman–Crippen LogP) is 3.69. The third-order valence-corrected chi connectivity index (χ3v) is 5.92. The van der Waals surface area contributed by atoms with Crippen LogP contribution in [0.3, 0.4) is 0 Å². The molecule has 0 radical (unpaired) electrons. The lowest BCUT2D eigenvalue weighted by atomic mass is 9.91. The van der Waals surface area contributed by atoms with Crippen molar-refractivity contribution in [2.75, 3.05) is 20.1 Å². The van der Waals surface area contributed by atoms with Crippen LogP contribution in [0.25, 0.3) is 5.65 Å². The first-order valence-corrected chi connectivity index (χ1v) is 11.1. The Morgan fingerprint density at radius 2 is 1.66 bits per heavy atom. The maximum atomic E-state index is 4.37. The van der Waals surface area contributed by atoms with Crippen molar-refractivity contribution in [1.29, 1.82) is 0 Å². The molecule has 0 saturated carbocycles. The maximum Gasteiger partial charge on any atom is 0.191 e. The van der Waals surface area contributed by atoms with Gasteiger partial charge in [0.15, 0.2) is 17.4 Å². The molecule has 4 rings (SSSR count). The highest BCUT2D eigenvalue weighted by atomic mass is 127. The first kappa shape index (κ1) is 24.4. The number of halogens is 1. The van der Waals surface area contributed by atoms with Crippen LogP contribution in [0, 0.1) is 11.8 Å². The van der Waals surface area contributed by atoms with Crippen LogP contribution in [0.2, 0.25) is 0 Å². The molecule has 2 atom stereocenters. The number of guanidine groups is 1. The molecule has 0 spiro atoms. The van der Waals surface area contributed by atoms with Crippen molar-refractivity contribution in [2.24, 2.45) is 16.8 Å². The smallest absolute Gasteiger partial charge is 0.191 e. The normalized spacial score (nSPS) is 19.5. The molecule has 1 aliphatic rings. The van der Waals surface area contributed by atoms with Gasteiger partial charge >= 0.3 is 0 Å². The van der Waals surface area contributed by atoms with E-state index in [1.54, 1.807) is 7.05 Å². The summed E-state index contributed by atoms with van der Waals surface area (Å²) < 4.78 is 1.98. The minimum Gasteiger partial charge on any atom is -0.352 e. The van der Waals surface area contributed by atoms with E-state index in [1.807, 2.05) is 28.8 Å². The van der Waals surface area contributed by atoms with Gasteiger partial charge < -0.3 is 10.6 Å². The number of nitrogens with zero attached hydrogens (tertiary/aromatic N) is 5. The Balaban J connectivity index is 0.00000289. The van der Waals surface area contributed by atoms with Crippen molar-refractivity contribution in [2.45, 2.75) is 39.9 Å². The monoisotopic (exact) mass is 547 g/mol. The fourth-order valence-electron chi connectivity index (χ4n) is 4.62. The van der Waals surface area contributed by atoms with Gasteiger partial charge in [-0.3, -0.25) is 14.3 Å².